The van der Waals surface area contributed by atoms with Crippen LogP contribution in [-0.2, 0) is 9.47 Å². The Balaban J connectivity index is 2.44. The van der Waals surface area contributed by atoms with Crippen molar-refractivity contribution in [3.63, 3.8) is 0 Å². The summed E-state index contributed by atoms with van der Waals surface area (Å²) in [6, 6.07) is 0. The number of methoxy groups -OCH3 is 1. The van der Waals surface area contributed by atoms with Gasteiger partial charge in [0.25, 0.3) is 0 Å². The van der Waals surface area contributed by atoms with Gasteiger partial charge in [0.05, 0.1) is 6.61 Å². The number of nitrogens with zero attached hydrogens (tertiary/aromatic N) is 1. The zero-order valence-corrected chi connectivity index (χ0v) is 10.6. The van der Waals surface area contributed by atoms with Gasteiger partial charge in [0.2, 0.25) is 0 Å². The minimum Gasteiger partial charge on any atom is -0.444 e. The molecule has 0 unspecified atom stereocenters. The van der Waals surface area contributed by atoms with Gasteiger partial charge in [-0.25, -0.2) is 4.79 Å². The van der Waals surface area contributed by atoms with Gasteiger partial charge in [-0.3, -0.25) is 0 Å². The molecule has 0 atom stereocenters. The normalized spacial score (nSPS) is 17.0. The van der Waals surface area contributed by atoms with E-state index >= 15 is 0 Å². The van der Waals surface area contributed by atoms with Crippen LogP contribution < -0.4 is 0 Å². The molecule has 0 saturated heterocycles. The molecule has 1 heterocycles. The quantitative estimate of drug-likeness (QED) is 0.679. The zero-order chi connectivity index (χ0) is 12.2. The van der Waals surface area contributed by atoms with E-state index in [1.165, 1.54) is 5.57 Å². The van der Waals surface area contributed by atoms with E-state index in [1.54, 1.807) is 12.0 Å². The lowest BCUT2D eigenvalue weighted by Gasteiger charge is -2.29. The second-order valence-electron chi connectivity index (χ2n) is 4.97. The molecule has 0 N–H and O–H groups in total. The van der Waals surface area contributed by atoms with Gasteiger partial charge in [0.1, 0.15) is 5.60 Å². The summed E-state index contributed by atoms with van der Waals surface area (Å²) in [6.45, 7) is 7.61. The van der Waals surface area contributed by atoms with Crippen LogP contribution in [0.15, 0.2) is 11.6 Å². The van der Waals surface area contributed by atoms with Crippen molar-refractivity contribution in [2.45, 2.75) is 32.8 Å². The van der Waals surface area contributed by atoms with Crippen LogP contribution in [0.25, 0.3) is 0 Å². The lowest BCUT2D eigenvalue weighted by molar-refractivity contribution is 0.0263. The molecule has 0 saturated carbocycles. The molecule has 1 amide bonds. The van der Waals surface area contributed by atoms with E-state index in [0.29, 0.717) is 19.7 Å². The second kappa shape index (κ2) is 5.34. The molecule has 0 radical (unpaired) electrons. The second-order valence-corrected chi connectivity index (χ2v) is 4.97. The van der Waals surface area contributed by atoms with Gasteiger partial charge >= 0.3 is 6.09 Å². The van der Waals surface area contributed by atoms with E-state index in [9.17, 15) is 4.79 Å². The standard InChI is InChI=1S/C12H21NO3/c1-12(2,3)16-11(14)13-7-5-10(6-8-13)9-15-4/h5H,6-9H2,1-4H3. The minimum atomic E-state index is -0.423. The molecule has 92 valence electrons. The van der Waals surface area contributed by atoms with Crippen molar-refractivity contribution in [1.82, 2.24) is 4.90 Å². The van der Waals surface area contributed by atoms with Crippen LogP contribution in [0, 0.1) is 0 Å². The smallest absolute Gasteiger partial charge is 0.410 e. The highest BCUT2D eigenvalue weighted by atomic mass is 16.6. The lowest BCUT2D eigenvalue weighted by atomic mass is 10.1. The van der Waals surface area contributed by atoms with E-state index in [1.807, 2.05) is 26.8 Å². The molecule has 0 fully saturated rings. The van der Waals surface area contributed by atoms with Gasteiger partial charge in [-0.05, 0) is 32.8 Å². The first-order valence-electron chi connectivity index (χ1n) is 5.57. The van der Waals surface area contributed by atoms with Crippen molar-refractivity contribution in [3.8, 4) is 0 Å². The van der Waals surface area contributed by atoms with Crippen molar-refractivity contribution in [3.05, 3.63) is 11.6 Å². The number of carbonyl (C=O) groups is 1. The summed E-state index contributed by atoms with van der Waals surface area (Å²) in [6.07, 6.45) is 2.67. The molecule has 1 rings (SSSR count). The van der Waals surface area contributed by atoms with Gasteiger partial charge in [-0.1, -0.05) is 6.08 Å². The monoisotopic (exact) mass is 227 g/mol. The predicted octanol–water partition coefficient (Wildman–Crippen LogP) is 2.20. The van der Waals surface area contributed by atoms with Crippen LogP contribution in [-0.4, -0.2) is 43.4 Å². The van der Waals surface area contributed by atoms with Crippen LogP contribution in [0.4, 0.5) is 4.79 Å². The number of carbonyl (C=O) groups excluding carboxylic acids is 1. The van der Waals surface area contributed by atoms with E-state index in [-0.39, 0.29) is 6.09 Å². The van der Waals surface area contributed by atoms with Crippen molar-refractivity contribution < 1.29 is 14.3 Å². The van der Waals surface area contributed by atoms with Gasteiger partial charge in [0, 0.05) is 20.2 Å². The van der Waals surface area contributed by atoms with E-state index in [0.717, 1.165) is 6.42 Å². The number of rotatable bonds is 2. The van der Waals surface area contributed by atoms with Crippen LogP contribution in [0.5, 0.6) is 0 Å². The average Bonchev–Trinajstić information content (AvgIpc) is 2.16. The molecular weight excluding hydrogens is 206 g/mol. The number of hydrogen-bond acceptors (Lipinski definition) is 3. The summed E-state index contributed by atoms with van der Waals surface area (Å²) >= 11 is 0. The van der Waals surface area contributed by atoms with Crippen molar-refractivity contribution in [2.24, 2.45) is 0 Å². The third-order valence-corrected chi connectivity index (χ3v) is 2.28. The van der Waals surface area contributed by atoms with E-state index in [4.69, 9.17) is 9.47 Å². The Kier molecular flexibility index (Phi) is 4.35. The Morgan fingerprint density at radius 1 is 1.50 bits per heavy atom. The summed E-state index contributed by atoms with van der Waals surface area (Å²) in [4.78, 5) is 13.4. The van der Waals surface area contributed by atoms with Crippen LogP contribution in [0.2, 0.25) is 0 Å². The molecule has 0 aliphatic carbocycles. The SMILES string of the molecule is COCC1=CCN(C(=O)OC(C)(C)C)CC1. The molecule has 4 heteroatoms. The summed E-state index contributed by atoms with van der Waals surface area (Å²) < 4.78 is 10.4. The van der Waals surface area contributed by atoms with Gasteiger partial charge in [-0.2, -0.15) is 0 Å². The molecule has 4 nitrogen and oxygen atoms in total. The molecule has 0 aromatic rings. The average molecular weight is 227 g/mol. The molecule has 0 aromatic heterocycles. The van der Waals surface area contributed by atoms with E-state index in [2.05, 4.69) is 0 Å². The highest BCUT2D eigenvalue weighted by Crippen LogP contribution is 2.15. The van der Waals surface area contributed by atoms with E-state index < -0.39 is 5.60 Å². The maximum Gasteiger partial charge on any atom is 0.410 e. The zero-order valence-electron chi connectivity index (χ0n) is 10.6. The first-order valence-corrected chi connectivity index (χ1v) is 5.57. The summed E-state index contributed by atoms with van der Waals surface area (Å²) in [7, 11) is 1.68. The maximum absolute atomic E-state index is 11.7. The molecule has 0 aromatic carbocycles. The van der Waals surface area contributed by atoms with Crippen molar-refractivity contribution in [2.75, 3.05) is 26.8 Å². The Bertz CT molecular complexity index is 278. The Morgan fingerprint density at radius 2 is 2.19 bits per heavy atom. The Hall–Kier alpha value is -1.03. The lowest BCUT2D eigenvalue weighted by Crippen LogP contribution is -2.39. The molecule has 16 heavy (non-hydrogen) atoms. The minimum absolute atomic E-state index is 0.236. The third-order valence-electron chi connectivity index (χ3n) is 2.28. The molecule has 0 bridgehead atoms. The fourth-order valence-electron chi connectivity index (χ4n) is 1.52. The largest absolute Gasteiger partial charge is 0.444 e. The summed E-state index contributed by atoms with van der Waals surface area (Å²) in [5, 5.41) is 0. The third kappa shape index (κ3) is 4.23. The topological polar surface area (TPSA) is 38.8 Å². The Morgan fingerprint density at radius 3 is 2.62 bits per heavy atom. The Labute approximate surface area is 97.2 Å². The summed E-state index contributed by atoms with van der Waals surface area (Å²) in [5.74, 6) is 0. The fraction of sp³-hybridized carbons (Fsp3) is 0.750. The molecule has 0 spiro atoms. The van der Waals surface area contributed by atoms with Crippen LogP contribution >= 0.6 is 0 Å². The number of amides is 1. The maximum atomic E-state index is 11.7. The molecule has 1 aliphatic rings. The van der Waals surface area contributed by atoms with Crippen molar-refractivity contribution >= 4 is 6.09 Å². The summed E-state index contributed by atoms with van der Waals surface area (Å²) in [5.41, 5.74) is 0.829. The first-order chi connectivity index (χ1) is 7.42. The van der Waals surface area contributed by atoms with Gasteiger partial charge in [0.15, 0.2) is 0 Å². The van der Waals surface area contributed by atoms with Crippen LogP contribution in [0.1, 0.15) is 27.2 Å². The van der Waals surface area contributed by atoms with Crippen molar-refractivity contribution in [1.29, 1.82) is 0 Å². The number of ether oxygens (including phenoxy) is 2. The van der Waals surface area contributed by atoms with Gasteiger partial charge < -0.3 is 14.4 Å². The highest BCUT2D eigenvalue weighted by molar-refractivity contribution is 5.68. The van der Waals surface area contributed by atoms with Crippen LogP contribution in [0.3, 0.4) is 0 Å². The number of hydrogen-bond donors (Lipinski definition) is 0. The first kappa shape index (κ1) is 13.0. The molecular formula is C12H21NO3. The fourth-order valence-corrected chi connectivity index (χ4v) is 1.52. The van der Waals surface area contributed by atoms with Gasteiger partial charge in [-0.15, -0.1) is 0 Å². The molecule has 1 aliphatic heterocycles. The predicted molar refractivity (Wildman–Crippen MR) is 62.4 cm³/mol. The highest BCUT2D eigenvalue weighted by Gasteiger charge is 2.23.